The van der Waals surface area contributed by atoms with Crippen molar-refractivity contribution in [1.29, 1.82) is 0 Å². The Morgan fingerprint density at radius 1 is 1.29 bits per heavy atom. The maximum absolute atomic E-state index is 5.47. The number of rotatable bonds is 4. The van der Waals surface area contributed by atoms with Crippen LogP contribution in [-0.2, 0) is 0 Å². The van der Waals surface area contributed by atoms with E-state index in [1.807, 2.05) is 6.07 Å². The van der Waals surface area contributed by atoms with Crippen molar-refractivity contribution < 1.29 is 0 Å². The van der Waals surface area contributed by atoms with Crippen molar-refractivity contribution in [3.8, 4) is 0 Å². The summed E-state index contributed by atoms with van der Waals surface area (Å²) in [7, 11) is 2.11. The summed E-state index contributed by atoms with van der Waals surface area (Å²) in [5.41, 5.74) is 2.64. The van der Waals surface area contributed by atoms with Crippen LogP contribution in [0.15, 0.2) is 6.07 Å². The fourth-order valence-corrected chi connectivity index (χ4v) is 2.19. The normalized spacial score (nSPS) is 19.9. The van der Waals surface area contributed by atoms with E-state index in [4.69, 9.17) is 5.84 Å². The van der Waals surface area contributed by atoms with Crippen LogP contribution in [-0.4, -0.2) is 23.1 Å². The van der Waals surface area contributed by atoms with Crippen LogP contribution >= 0.6 is 0 Å². The highest BCUT2D eigenvalue weighted by molar-refractivity contribution is 5.49. The minimum absolute atomic E-state index is 0.553. The number of nitrogens with two attached hydrogens (primary N) is 1. The fourth-order valence-electron chi connectivity index (χ4n) is 2.19. The lowest BCUT2D eigenvalue weighted by atomic mass is 9.92. The molecule has 5 nitrogen and oxygen atoms in total. The number of hydrogen-bond donors (Lipinski definition) is 2. The molecule has 17 heavy (non-hydrogen) atoms. The van der Waals surface area contributed by atoms with Gasteiger partial charge in [-0.2, -0.15) is 0 Å². The smallest absolute Gasteiger partial charge is 0.145 e. The first-order valence-electron chi connectivity index (χ1n) is 6.36. The van der Waals surface area contributed by atoms with Gasteiger partial charge in [0.1, 0.15) is 17.5 Å². The van der Waals surface area contributed by atoms with Crippen LogP contribution in [0.2, 0.25) is 0 Å². The molecule has 3 rings (SSSR count). The molecule has 92 valence electrons. The third-order valence-corrected chi connectivity index (χ3v) is 3.80. The lowest BCUT2D eigenvalue weighted by Gasteiger charge is -2.35. The quantitative estimate of drug-likeness (QED) is 0.611. The molecule has 2 aliphatic rings. The second-order valence-electron chi connectivity index (χ2n) is 5.08. The predicted octanol–water partition coefficient (Wildman–Crippen LogP) is 1.63. The monoisotopic (exact) mass is 233 g/mol. The van der Waals surface area contributed by atoms with Gasteiger partial charge in [0.25, 0.3) is 0 Å². The predicted molar refractivity (Wildman–Crippen MR) is 67.9 cm³/mol. The van der Waals surface area contributed by atoms with E-state index >= 15 is 0 Å². The number of hydrazine groups is 1. The number of hydrogen-bond acceptors (Lipinski definition) is 5. The van der Waals surface area contributed by atoms with Gasteiger partial charge < -0.3 is 10.3 Å². The maximum atomic E-state index is 5.47. The number of aromatic nitrogens is 2. The molecular weight excluding hydrogens is 214 g/mol. The Morgan fingerprint density at radius 3 is 2.59 bits per heavy atom. The standard InChI is InChI=1S/C12H19N5/c1-17(9-3-2-4-9)11-7-10(16-13)14-12(15-11)8-5-6-8/h7-9H,2-6,13H2,1H3,(H,14,15,16). The van der Waals surface area contributed by atoms with E-state index in [2.05, 4.69) is 27.3 Å². The number of nitrogens with one attached hydrogen (secondary N) is 1. The summed E-state index contributed by atoms with van der Waals surface area (Å²) in [4.78, 5) is 11.4. The highest BCUT2D eigenvalue weighted by Crippen LogP contribution is 2.39. The number of nitrogen functional groups attached to an aromatic ring is 1. The van der Waals surface area contributed by atoms with Crippen molar-refractivity contribution in [2.24, 2.45) is 5.84 Å². The van der Waals surface area contributed by atoms with E-state index < -0.39 is 0 Å². The molecule has 0 aromatic carbocycles. The van der Waals surface area contributed by atoms with E-state index in [1.165, 1.54) is 32.1 Å². The molecule has 2 fully saturated rings. The van der Waals surface area contributed by atoms with Crippen LogP contribution in [0.1, 0.15) is 43.8 Å². The minimum atomic E-state index is 0.553. The molecule has 0 unspecified atom stereocenters. The van der Waals surface area contributed by atoms with E-state index in [9.17, 15) is 0 Å². The highest BCUT2D eigenvalue weighted by atomic mass is 15.3. The zero-order valence-electron chi connectivity index (χ0n) is 10.2. The van der Waals surface area contributed by atoms with Crippen molar-refractivity contribution in [2.75, 3.05) is 17.4 Å². The van der Waals surface area contributed by atoms with Gasteiger partial charge in [-0.3, -0.25) is 0 Å². The van der Waals surface area contributed by atoms with Gasteiger partial charge in [0.2, 0.25) is 0 Å². The van der Waals surface area contributed by atoms with Crippen LogP contribution in [0.3, 0.4) is 0 Å². The van der Waals surface area contributed by atoms with Gasteiger partial charge in [0, 0.05) is 25.1 Å². The van der Waals surface area contributed by atoms with Gasteiger partial charge in [0.05, 0.1) is 0 Å². The number of anilines is 2. The SMILES string of the molecule is CN(c1cc(NN)nc(C2CC2)n1)C1CCC1. The first-order chi connectivity index (χ1) is 8.28. The third-order valence-electron chi connectivity index (χ3n) is 3.80. The Bertz CT molecular complexity index is 411. The highest BCUT2D eigenvalue weighted by Gasteiger charge is 2.29. The van der Waals surface area contributed by atoms with Crippen LogP contribution in [0, 0.1) is 0 Å². The Hall–Kier alpha value is -1.36. The fraction of sp³-hybridized carbons (Fsp3) is 0.667. The Labute approximate surface area is 101 Å². The third kappa shape index (κ3) is 2.07. The van der Waals surface area contributed by atoms with E-state index in [0.717, 1.165) is 17.5 Å². The second-order valence-corrected chi connectivity index (χ2v) is 5.08. The van der Waals surface area contributed by atoms with Gasteiger partial charge in [-0.15, -0.1) is 0 Å². The molecule has 0 aliphatic heterocycles. The molecule has 1 aromatic heterocycles. The molecule has 0 radical (unpaired) electrons. The lowest BCUT2D eigenvalue weighted by Crippen LogP contribution is -2.37. The molecule has 1 heterocycles. The van der Waals surface area contributed by atoms with Crippen LogP contribution in [0.4, 0.5) is 11.6 Å². The average molecular weight is 233 g/mol. The lowest BCUT2D eigenvalue weighted by molar-refractivity contribution is 0.399. The summed E-state index contributed by atoms with van der Waals surface area (Å²) in [6, 6.07) is 2.58. The van der Waals surface area contributed by atoms with Crippen molar-refractivity contribution in [3.05, 3.63) is 11.9 Å². The van der Waals surface area contributed by atoms with Crippen molar-refractivity contribution >= 4 is 11.6 Å². The Kier molecular flexibility index (Phi) is 2.63. The first kappa shape index (κ1) is 10.8. The van der Waals surface area contributed by atoms with Crippen molar-refractivity contribution in [3.63, 3.8) is 0 Å². The zero-order valence-corrected chi connectivity index (χ0v) is 10.2. The van der Waals surface area contributed by atoms with Crippen molar-refractivity contribution in [1.82, 2.24) is 9.97 Å². The van der Waals surface area contributed by atoms with Gasteiger partial charge in [-0.05, 0) is 32.1 Å². The summed E-state index contributed by atoms with van der Waals surface area (Å²) >= 11 is 0. The molecule has 2 saturated carbocycles. The average Bonchev–Trinajstić information content (AvgIpc) is 3.09. The topological polar surface area (TPSA) is 67.1 Å². The molecule has 3 N–H and O–H groups in total. The minimum Gasteiger partial charge on any atom is -0.357 e. The maximum Gasteiger partial charge on any atom is 0.145 e. The number of nitrogens with zero attached hydrogens (tertiary/aromatic N) is 3. The molecular formula is C12H19N5. The Balaban J connectivity index is 1.88. The molecule has 0 saturated heterocycles. The molecule has 1 aromatic rings. The zero-order chi connectivity index (χ0) is 11.8. The van der Waals surface area contributed by atoms with Gasteiger partial charge in [-0.1, -0.05) is 0 Å². The van der Waals surface area contributed by atoms with Gasteiger partial charge in [0.15, 0.2) is 0 Å². The molecule has 0 atom stereocenters. The summed E-state index contributed by atoms with van der Waals surface area (Å²) in [6.45, 7) is 0. The summed E-state index contributed by atoms with van der Waals surface area (Å²) in [5, 5.41) is 0. The summed E-state index contributed by atoms with van der Waals surface area (Å²) in [5.74, 6) is 8.70. The largest absolute Gasteiger partial charge is 0.357 e. The summed E-state index contributed by atoms with van der Waals surface area (Å²) in [6.07, 6.45) is 6.29. The van der Waals surface area contributed by atoms with Gasteiger partial charge in [-0.25, -0.2) is 15.8 Å². The van der Waals surface area contributed by atoms with E-state index in [1.54, 1.807) is 0 Å². The molecule has 5 heteroatoms. The van der Waals surface area contributed by atoms with E-state index in [-0.39, 0.29) is 0 Å². The summed E-state index contributed by atoms with van der Waals surface area (Å²) < 4.78 is 0. The van der Waals surface area contributed by atoms with Crippen LogP contribution < -0.4 is 16.2 Å². The van der Waals surface area contributed by atoms with Crippen LogP contribution in [0.25, 0.3) is 0 Å². The van der Waals surface area contributed by atoms with E-state index in [0.29, 0.717) is 12.0 Å². The Morgan fingerprint density at radius 2 is 2.06 bits per heavy atom. The van der Waals surface area contributed by atoms with Crippen molar-refractivity contribution in [2.45, 2.75) is 44.1 Å². The molecule has 2 aliphatic carbocycles. The second kappa shape index (κ2) is 4.14. The molecule has 0 amide bonds. The molecule has 0 bridgehead atoms. The first-order valence-corrected chi connectivity index (χ1v) is 6.36. The van der Waals surface area contributed by atoms with Crippen LogP contribution in [0.5, 0.6) is 0 Å². The van der Waals surface area contributed by atoms with Gasteiger partial charge >= 0.3 is 0 Å². The molecule has 0 spiro atoms.